The zero-order valence-corrected chi connectivity index (χ0v) is 6.27. The van der Waals surface area contributed by atoms with Gasteiger partial charge in [0.2, 0.25) is 0 Å². The molecule has 64 valence electrons. The van der Waals surface area contributed by atoms with E-state index >= 15 is 0 Å². The van der Waals surface area contributed by atoms with Gasteiger partial charge in [-0.1, -0.05) is 6.92 Å². The van der Waals surface area contributed by atoms with Gasteiger partial charge in [0.15, 0.2) is 5.76 Å². The van der Waals surface area contributed by atoms with Crippen LogP contribution in [0.25, 0.3) is 0 Å². The van der Waals surface area contributed by atoms with Crippen LogP contribution in [0, 0.1) is 0 Å². The minimum Gasteiger partial charge on any atom is -0.506 e. The molecule has 0 saturated carbocycles. The third-order valence-electron chi connectivity index (χ3n) is 1.77. The number of hydrogen-bond donors (Lipinski definition) is 3. The lowest BCUT2D eigenvalue weighted by molar-refractivity contribution is -0.0863. The summed E-state index contributed by atoms with van der Waals surface area (Å²) in [6, 6.07) is 0. The van der Waals surface area contributed by atoms with Gasteiger partial charge in [-0.05, 0) is 6.42 Å². The quantitative estimate of drug-likeness (QED) is 0.501. The van der Waals surface area contributed by atoms with Gasteiger partial charge in [-0.3, -0.25) is 0 Å². The van der Waals surface area contributed by atoms with E-state index < -0.39 is 18.3 Å². The number of aliphatic hydroxyl groups excluding tert-OH is 3. The van der Waals surface area contributed by atoms with Crippen molar-refractivity contribution in [3.63, 3.8) is 0 Å². The summed E-state index contributed by atoms with van der Waals surface area (Å²) in [5.41, 5.74) is 0. The van der Waals surface area contributed by atoms with Crippen molar-refractivity contribution in [3.8, 4) is 0 Å². The molecule has 4 heteroatoms. The lowest BCUT2D eigenvalue weighted by Crippen LogP contribution is -2.42. The van der Waals surface area contributed by atoms with Gasteiger partial charge in [-0.25, -0.2) is 0 Å². The Bertz CT molecular complexity index is 166. The molecule has 0 aromatic heterocycles. The van der Waals surface area contributed by atoms with Crippen molar-refractivity contribution in [2.45, 2.75) is 31.7 Å². The lowest BCUT2D eigenvalue weighted by atomic mass is 10.0. The Kier molecular flexibility index (Phi) is 2.36. The molecule has 3 atom stereocenters. The molecule has 3 N–H and O–H groups in total. The minimum atomic E-state index is -1.20. The highest BCUT2D eigenvalue weighted by atomic mass is 16.5. The smallest absolute Gasteiger partial charge is 0.158 e. The third-order valence-corrected chi connectivity index (χ3v) is 1.77. The third kappa shape index (κ3) is 1.46. The molecule has 0 aliphatic carbocycles. The van der Waals surface area contributed by atoms with Crippen molar-refractivity contribution in [1.82, 2.24) is 0 Å². The summed E-state index contributed by atoms with van der Waals surface area (Å²) in [6.07, 6.45) is -0.965. The summed E-state index contributed by atoms with van der Waals surface area (Å²) >= 11 is 0. The Morgan fingerprint density at radius 2 is 2.18 bits per heavy atom. The van der Waals surface area contributed by atoms with E-state index in [2.05, 4.69) is 0 Å². The van der Waals surface area contributed by atoms with E-state index in [0.29, 0.717) is 6.42 Å². The Hall–Kier alpha value is -0.740. The summed E-state index contributed by atoms with van der Waals surface area (Å²) in [5.74, 6) is -0.317. The van der Waals surface area contributed by atoms with Crippen molar-refractivity contribution in [1.29, 1.82) is 0 Å². The second kappa shape index (κ2) is 3.11. The van der Waals surface area contributed by atoms with Gasteiger partial charge >= 0.3 is 0 Å². The standard InChI is InChI=1S/C7H12O4/c1-2-5-7(10)6(9)4(8)3-11-5/h3,5-10H,2H2,1H3/t5-,6?,7?/m0/s1. The molecule has 2 unspecified atom stereocenters. The molecule has 1 aliphatic heterocycles. The zero-order chi connectivity index (χ0) is 8.43. The fourth-order valence-corrected chi connectivity index (χ4v) is 1.02. The molecule has 0 spiro atoms. The van der Waals surface area contributed by atoms with E-state index in [1.54, 1.807) is 0 Å². The fraction of sp³-hybridized carbons (Fsp3) is 0.714. The van der Waals surface area contributed by atoms with E-state index in [-0.39, 0.29) is 5.76 Å². The first-order chi connectivity index (χ1) is 5.16. The van der Waals surface area contributed by atoms with Crippen LogP contribution in [0.1, 0.15) is 13.3 Å². The number of rotatable bonds is 1. The van der Waals surface area contributed by atoms with Gasteiger partial charge in [-0.15, -0.1) is 0 Å². The molecule has 0 fully saturated rings. The highest BCUT2D eigenvalue weighted by Gasteiger charge is 2.32. The molecular formula is C7H12O4. The molecule has 11 heavy (non-hydrogen) atoms. The highest BCUT2D eigenvalue weighted by molar-refractivity contribution is 5.03. The van der Waals surface area contributed by atoms with Gasteiger partial charge in [0.05, 0.1) is 0 Å². The van der Waals surface area contributed by atoms with Gasteiger partial charge in [-0.2, -0.15) is 0 Å². The van der Waals surface area contributed by atoms with E-state index in [1.165, 1.54) is 0 Å². The van der Waals surface area contributed by atoms with Crippen LogP contribution in [0.5, 0.6) is 0 Å². The van der Waals surface area contributed by atoms with Gasteiger partial charge in [0.1, 0.15) is 24.6 Å². The van der Waals surface area contributed by atoms with E-state index in [4.69, 9.17) is 14.9 Å². The summed E-state index contributed by atoms with van der Waals surface area (Å²) < 4.78 is 4.90. The van der Waals surface area contributed by atoms with E-state index in [0.717, 1.165) is 6.26 Å². The maximum Gasteiger partial charge on any atom is 0.158 e. The van der Waals surface area contributed by atoms with Crippen LogP contribution in [0.15, 0.2) is 12.0 Å². The van der Waals surface area contributed by atoms with Crippen LogP contribution in [0.2, 0.25) is 0 Å². The Morgan fingerprint density at radius 3 is 2.73 bits per heavy atom. The first kappa shape index (κ1) is 8.36. The van der Waals surface area contributed by atoms with Crippen LogP contribution < -0.4 is 0 Å². The van der Waals surface area contributed by atoms with Crippen molar-refractivity contribution >= 4 is 0 Å². The van der Waals surface area contributed by atoms with Crippen molar-refractivity contribution < 1.29 is 20.1 Å². The second-order valence-corrected chi connectivity index (χ2v) is 2.56. The minimum absolute atomic E-state index is 0.317. The van der Waals surface area contributed by atoms with Crippen LogP contribution >= 0.6 is 0 Å². The normalized spacial score (nSPS) is 37.7. The molecular weight excluding hydrogens is 148 g/mol. The number of aliphatic hydroxyl groups is 3. The predicted octanol–water partition coefficient (Wildman–Crippen LogP) is -0.0836. The molecule has 4 nitrogen and oxygen atoms in total. The molecule has 0 aromatic rings. The summed E-state index contributed by atoms with van der Waals surface area (Å²) in [4.78, 5) is 0. The van der Waals surface area contributed by atoms with E-state index in [1.807, 2.05) is 6.92 Å². The van der Waals surface area contributed by atoms with Gasteiger partial charge in [0.25, 0.3) is 0 Å². The Morgan fingerprint density at radius 1 is 1.55 bits per heavy atom. The first-order valence-electron chi connectivity index (χ1n) is 3.57. The van der Waals surface area contributed by atoms with Crippen LogP contribution in [0.4, 0.5) is 0 Å². The molecule has 1 aliphatic rings. The zero-order valence-electron chi connectivity index (χ0n) is 6.27. The van der Waals surface area contributed by atoms with Crippen LogP contribution in [0.3, 0.4) is 0 Å². The number of ether oxygens (including phenoxy) is 1. The maximum atomic E-state index is 9.23. The lowest BCUT2D eigenvalue weighted by Gasteiger charge is -2.29. The van der Waals surface area contributed by atoms with Gasteiger partial charge < -0.3 is 20.1 Å². The Labute approximate surface area is 64.7 Å². The van der Waals surface area contributed by atoms with Crippen LogP contribution in [-0.4, -0.2) is 33.6 Å². The summed E-state index contributed by atoms with van der Waals surface area (Å²) in [7, 11) is 0. The topological polar surface area (TPSA) is 69.9 Å². The second-order valence-electron chi connectivity index (χ2n) is 2.56. The van der Waals surface area contributed by atoms with Crippen molar-refractivity contribution in [2.75, 3.05) is 0 Å². The van der Waals surface area contributed by atoms with E-state index in [9.17, 15) is 5.11 Å². The molecule has 1 rings (SSSR count). The fourth-order valence-electron chi connectivity index (χ4n) is 1.02. The largest absolute Gasteiger partial charge is 0.506 e. The maximum absolute atomic E-state index is 9.23. The molecule has 0 bridgehead atoms. The average Bonchev–Trinajstić information content (AvgIpc) is 2.01. The van der Waals surface area contributed by atoms with Crippen molar-refractivity contribution in [3.05, 3.63) is 12.0 Å². The summed E-state index contributed by atoms with van der Waals surface area (Å²) in [5, 5.41) is 27.2. The van der Waals surface area contributed by atoms with Gasteiger partial charge in [0, 0.05) is 0 Å². The SMILES string of the molecule is CC[C@@H]1OC=C(O)C(O)C1O. The molecule has 0 radical (unpaired) electrons. The highest BCUT2D eigenvalue weighted by Crippen LogP contribution is 2.18. The first-order valence-corrected chi connectivity index (χ1v) is 3.57. The molecule has 0 saturated heterocycles. The van der Waals surface area contributed by atoms with Crippen LogP contribution in [-0.2, 0) is 4.74 Å². The van der Waals surface area contributed by atoms with Crippen molar-refractivity contribution in [2.24, 2.45) is 0 Å². The monoisotopic (exact) mass is 160 g/mol. The summed E-state index contributed by atoms with van der Waals surface area (Å²) in [6.45, 7) is 1.83. The molecule has 0 amide bonds. The Balaban J connectivity index is 2.68. The number of hydrogen-bond acceptors (Lipinski definition) is 4. The predicted molar refractivity (Wildman–Crippen MR) is 37.9 cm³/mol. The average molecular weight is 160 g/mol. The molecule has 1 heterocycles. The molecule has 0 aromatic carbocycles.